The molecule has 0 unspecified atom stereocenters. The zero-order valence-electron chi connectivity index (χ0n) is 6.24. The molecule has 0 fully saturated rings. The highest BCUT2D eigenvalue weighted by atomic mass is 16.5. The molecule has 11 heavy (non-hydrogen) atoms. The van der Waals surface area contributed by atoms with Crippen LogP contribution in [0.3, 0.4) is 0 Å². The average molecular weight is 155 g/mol. The van der Waals surface area contributed by atoms with Crippen molar-refractivity contribution >= 4 is 5.97 Å². The molecular weight excluding hydrogens is 146 g/mol. The lowest BCUT2D eigenvalue weighted by molar-refractivity contribution is -0.142. The number of carbonyl (C=O) groups is 1. The maximum Gasteiger partial charge on any atom is 0.311 e. The van der Waals surface area contributed by atoms with Crippen LogP contribution in [0.25, 0.3) is 0 Å². The van der Waals surface area contributed by atoms with E-state index in [9.17, 15) is 4.79 Å². The van der Waals surface area contributed by atoms with Crippen LogP contribution in [0, 0.1) is 0 Å². The maximum atomic E-state index is 10.8. The van der Waals surface area contributed by atoms with Crippen LogP contribution in [0.15, 0.2) is 17.1 Å². The molecule has 60 valence electrons. The molecule has 1 aromatic heterocycles. The summed E-state index contributed by atoms with van der Waals surface area (Å²) in [5, 5.41) is 0. The number of nitrogens with zero attached hydrogens (tertiary/aromatic N) is 1. The predicted octanol–water partition coefficient (Wildman–Crippen LogP) is 0.780. The summed E-state index contributed by atoms with van der Waals surface area (Å²) >= 11 is 0. The second-order valence-electron chi connectivity index (χ2n) is 1.96. The highest BCUT2D eigenvalue weighted by Gasteiger charge is 2.04. The van der Waals surface area contributed by atoms with Crippen molar-refractivity contribution in [3.8, 4) is 0 Å². The maximum absolute atomic E-state index is 10.8. The molecule has 0 radical (unpaired) electrons. The highest BCUT2D eigenvalue weighted by molar-refractivity contribution is 5.71. The van der Waals surface area contributed by atoms with Gasteiger partial charge in [0.05, 0.1) is 18.7 Å². The van der Waals surface area contributed by atoms with E-state index in [4.69, 9.17) is 4.74 Å². The van der Waals surface area contributed by atoms with Gasteiger partial charge in [-0.3, -0.25) is 4.79 Å². The van der Waals surface area contributed by atoms with Crippen LogP contribution in [0.2, 0.25) is 0 Å². The van der Waals surface area contributed by atoms with Gasteiger partial charge in [0.2, 0.25) is 0 Å². The van der Waals surface area contributed by atoms with Crippen molar-refractivity contribution in [2.45, 2.75) is 13.3 Å². The number of oxazole rings is 1. The van der Waals surface area contributed by atoms with E-state index in [1.807, 2.05) is 0 Å². The van der Waals surface area contributed by atoms with E-state index in [0.29, 0.717) is 12.3 Å². The quantitative estimate of drug-likeness (QED) is 0.605. The summed E-state index contributed by atoms with van der Waals surface area (Å²) in [5.41, 5.74) is 0.600. The molecule has 0 saturated heterocycles. The Hall–Kier alpha value is -1.32. The number of hydrogen-bond acceptors (Lipinski definition) is 4. The monoisotopic (exact) mass is 155 g/mol. The number of rotatable bonds is 3. The Bertz CT molecular complexity index is 218. The Labute approximate surface area is 64.2 Å². The molecule has 4 heteroatoms. The molecule has 0 atom stereocenters. The number of carbonyl (C=O) groups excluding carboxylic acids is 1. The second kappa shape index (κ2) is 3.75. The smallest absolute Gasteiger partial charge is 0.311 e. The van der Waals surface area contributed by atoms with Crippen LogP contribution in [-0.4, -0.2) is 17.6 Å². The van der Waals surface area contributed by atoms with Gasteiger partial charge in [0.15, 0.2) is 6.39 Å². The van der Waals surface area contributed by atoms with Crippen molar-refractivity contribution in [2.24, 2.45) is 0 Å². The molecular formula is C7H9NO3. The first-order chi connectivity index (χ1) is 5.33. The number of esters is 1. The van der Waals surface area contributed by atoms with Crippen LogP contribution in [0.5, 0.6) is 0 Å². The van der Waals surface area contributed by atoms with Gasteiger partial charge in [-0.2, -0.15) is 0 Å². The van der Waals surface area contributed by atoms with Crippen LogP contribution in [-0.2, 0) is 16.0 Å². The van der Waals surface area contributed by atoms with Gasteiger partial charge in [-0.15, -0.1) is 0 Å². The third-order valence-corrected chi connectivity index (χ3v) is 1.11. The Morgan fingerprint density at radius 1 is 1.82 bits per heavy atom. The summed E-state index contributed by atoms with van der Waals surface area (Å²) in [4.78, 5) is 14.6. The minimum atomic E-state index is -0.276. The zero-order valence-corrected chi connectivity index (χ0v) is 6.24. The average Bonchev–Trinajstić information content (AvgIpc) is 2.40. The first-order valence-electron chi connectivity index (χ1n) is 3.35. The molecule has 4 nitrogen and oxygen atoms in total. The van der Waals surface area contributed by atoms with Gasteiger partial charge < -0.3 is 9.15 Å². The molecule has 0 bridgehead atoms. The Morgan fingerprint density at radius 3 is 3.18 bits per heavy atom. The van der Waals surface area contributed by atoms with E-state index in [-0.39, 0.29) is 12.4 Å². The van der Waals surface area contributed by atoms with Crippen LogP contribution in [0.4, 0.5) is 0 Å². The van der Waals surface area contributed by atoms with Gasteiger partial charge in [0.25, 0.3) is 0 Å². The fourth-order valence-electron chi connectivity index (χ4n) is 0.685. The van der Waals surface area contributed by atoms with Crippen molar-refractivity contribution in [1.82, 2.24) is 4.98 Å². The van der Waals surface area contributed by atoms with Crippen molar-refractivity contribution in [2.75, 3.05) is 6.61 Å². The van der Waals surface area contributed by atoms with Crippen molar-refractivity contribution in [3.63, 3.8) is 0 Å². The highest BCUT2D eigenvalue weighted by Crippen LogP contribution is 1.96. The fourth-order valence-corrected chi connectivity index (χ4v) is 0.685. The van der Waals surface area contributed by atoms with E-state index in [1.165, 1.54) is 12.7 Å². The summed E-state index contributed by atoms with van der Waals surface area (Å²) in [6, 6.07) is 0. The van der Waals surface area contributed by atoms with Gasteiger partial charge in [0.1, 0.15) is 6.26 Å². The standard InChI is InChI=1S/C7H9NO3/c1-2-11-7(9)3-6-4-10-5-8-6/h4-5H,2-3H2,1H3. The SMILES string of the molecule is CCOC(=O)Cc1cocn1. The first-order valence-corrected chi connectivity index (χ1v) is 3.35. The summed E-state index contributed by atoms with van der Waals surface area (Å²) in [6.07, 6.45) is 2.90. The van der Waals surface area contributed by atoms with E-state index >= 15 is 0 Å². The van der Waals surface area contributed by atoms with Crippen molar-refractivity contribution in [3.05, 3.63) is 18.4 Å². The second-order valence-corrected chi connectivity index (χ2v) is 1.96. The molecule has 1 heterocycles. The van der Waals surface area contributed by atoms with Crippen molar-refractivity contribution < 1.29 is 13.9 Å². The van der Waals surface area contributed by atoms with Crippen molar-refractivity contribution in [1.29, 1.82) is 0 Å². The summed E-state index contributed by atoms with van der Waals surface area (Å²) in [7, 11) is 0. The molecule has 0 aliphatic rings. The normalized spacial score (nSPS) is 9.55. The minimum Gasteiger partial charge on any atom is -0.466 e. The molecule has 0 N–H and O–H groups in total. The largest absolute Gasteiger partial charge is 0.466 e. The Morgan fingerprint density at radius 2 is 2.64 bits per heavy atom. The Balaban J connectivity index is 2.37. The van der Waals surface area contributed by atoms with Gasteiger partial charge in [0, 0.05) is 0 Å². The van der Waals surface area contributed by atoms with E-state index in [1.54, 1.807) is 6.92 Å². The number of ether oxygens (including phenoxy) is 1. The van der Waals surface area contributed by atoms with E-state index in [2.05, 4.69) is 9.40 Å². The summed E-state index contributed by atoms with van der Waals surface area (Å²) < 4.78 is 9.37. The van der Waals surface area contributed by atoms with Crippen LogP contribution in [0.1, 0.15) is 12.6 Å². The summed E-state index contributed by atoms with van der Waals surface area (Å²) in [5.74, 6) is -0.276. The molecule has 1 rings (SSSR count). The summed E-state index contributed by atoms with van der Waals surface area (Å²) in [6.45, 7) is 2.16. The lowest BCUT2D eigenvalue weighted by Gasteiger charge is -1.96. The van der Waals surface area contributed by atoms with E-state index < -0.39 is 0 Å². The zero-order chi connectivity index (χ0) is 8.10. The molecule has 0 aliphatic carbocycles. The first kappa shape index (κ1) is 7.78. The van der Waals surface area contributed by atoms with Gasteiger partial charge in [-0.25, -0.2) is 4.98 Å². The van der Waals surface area contributed by atoms with Gasteiger partial charge in [-0.1, -0.05) is 0 Å². The number of hydrogen-bond donors (Lipinski definition) is 0. The molecule has 0 spiro atoms. The lowest BCUT2D eigenvalue weighted by atomic mass is 10.3. The lowest BCUT2D eigenvalue weighted by Crippen LogP contribution is -2.07. The van der Waals surface area contributed by atoms with E-state index in [0.717, 1.165) is 0 Å². The molecule has 0 aromatic carbocycles. The van der Waals surface area contributed by atoms with Crippen LogP contribution < -0.4 is 0 Å². The predicted molar refractivity (Wildman–Crippen MR) is 36.8 cm³/mol. The Kier molecular flexibility index (Phi) is 2.66. The van der Waals surface area contributed by atoms with Gasteiger partial charge >= 0.3 is 5.97 Å². The van der Waals surface area contributed by atoms with Crippen LogP contribution >= 0.6 is 0 Å². The third kappa shape index (κ3) is 2.41. The number of aromatic nitrogens is 1. The molecule has 0 saturated carbocycles. The molecule has 1 aromatic rings. The third-order valence-electron chi connectivity index (χ3n) is 1.11. The molecule has 0 amide bonds. The molecule has 0 aliphatic heterocycles. The van der Waals surface area contributed by atoms with Gasteiger partial charge in [-0.05, 0) is 6.92 Å². The minimum absolute atomic E-state index is 0.185. The topological polar surface area (TPSA) is 52.3 Å². The fraction of sp³-hybridized carbons (Fsp3) is 0.429.